The lowest BCUT2D eigenvalue weighted by Gasteiger charge is -2.30. The molecule has 0 bridgehead atoms. The molecule has 1 aliphatic carbocycles. The molecule has 0 radical (unpaired) electrons. The van der Waals surface area contributed by atoms with Crippen molar-refractivity contribution in [1.82, 2.24) is 35.5 Å². The lowest BCUT2D eigenvalue weighted by atomic mass is 9.91. The minimum absolute atomic E-state index is 0.357. The van der Waals surface area contributed by atoms with Crippen LogP contribution in [0.1, 0.15) is 25.7 Å². The molecule has 0 aromatic carbocycles. The average molecular weight is 854 g/mol. The Morgan fingerprint density at radius 3 is 1.50 bits per heavy atom. The minimum Gasteiger partial charge on any atom is -0.365 e. The van der Waals surface area contributed by atoms with Gasteiger partial charge in [-0.3, -0.25) is 5.56 Å². The van der Waals surface area contributed by atoms with Crippen LogP contribution in [0.2, 0.25) is 0 Å². The van der Waals surface area contributed by atoms with E-state index in [9.17, 15) is 0 Å². The number of fused-ring (bicyclic) bond motifs is 2. The highest BCUT2D eigenvalue weighted by molar-refractivity contribution is 14.1. The van der Waals surface area contributed by atoms with Crippen molar-refractivity contribution in [1.29, 1.82) is 0 Å². The Morgan fingerprint density at radius 1 is 0.700 bits per heavy atom. The van der Waals surface area contributed by atoms with E-state index in [0.29, 0.717) is 19.7 Å². The average Bonchev–Trinajstić information content (AvgIpc) is 3.27. The van der Waals surface area contributed by atoms with Gasteiger partial charge in [-0.2, -0.15) is 0 Å². The first-order valence-corrected chi connectivity index (χ1v) is 13.2. The van der Waals surface area contributed by atoms with Crippen LogP contribution in [0.5, 0.6) is 0 Å². The molecule has 4 heterocycles. The van der Waals surface area contributed by atoms with Crippen LogP contribution in [0.4, 0.5) is 11.6 Å². The zero-order valence-electron chi connectivity index (χ0n) is 15.2. The smallest absolute Gasteiger partial charge is 0.194 e. The Bertz CT molecular complexity index is 1130. The summed E-state index contributed by atoms with van der Waals surface area (Å²) in [4.78, 5) is 27.0. The monoisotopic (exact) mass is 854 g/mol. The molecule has 10 nitrogen and oxygen atoms in total. The van der Waals surface area contributed by atoms with E-state index in [2.05, 4.69) is 131 Å². The Morgan fingerprint density at radius 2 is 1.10 bits per heavy atom. The highest BCUT2D eigenvalue weighted by Gasteiger charge is 2.24. The second-order valence-electron chi connectivity index (χ2n) is 6.98. The second-order valence-corrected chi connectivity index (χ2v) is 11.0. The number of nitrogens with zero attached hydrogens (tertiary/aromatic N) is 8. The first-order chi connectivity index (χ1) is 14.5. The summed E-state index contributed by atoms with van der Waals surface area (Å²) in [6, 6.07) is 0.714. The number of hydrogen-bond acceptors (Lipinski definition) is 8. The van der Waals surface area contributed by atoms with Gasteiger partial charge in [0, 0.05) is 57.3 Å². The highest BCUT2D eigenvalue weighted by atomic mass is 127. The quantitative estimate of drug-likeness (QED) is 0.230. The van der Waals surface area contributed by atoms with Crippen LogP contribution in [0.3, 0.4) is 0 Å². The van der Waals surface area contributed by atoms with E-state index in [1.54, 1.807) is 12.7 Å². The third-order valence-corrected chi connectivity index (χ3v) is 7.44. The Kier molecular flexibility index (Phi) is 6.34. The Hall–Kier alpha value is -0.380. The van der Waals surface area contributed by atoms with Crippen molar-refractivity contribution in [3.8, 4) is 0 Å². The predicted molar refractivity (Wildman–Crippen MR) is 148 cm³/mol. The van der Waals surface area contributed by atoms with Gasteiger partial charge in [-0.25, -0.2) is 29.9 Å². The third-order valence-electron chi connectivity index (χ3n) is 5.07. The zero-order chi connectivity index (χ0) is 20.8. The minimum atomic E-state index is 0.357. The fourth-order valence-corrected chi connectivity index (χ4v) is 5.53. The van der Waals surface area contributed by atoms with Crippen molar-refractivity contribution < 1.29 is 0 Å². The molecular weight excluding hydrogens is 840 g/mol. The van der Waals surface area contributed by atoms with Gasteiger partial charge in [-0.05, 0) is 25.7 Å². The van der Waals surface area contributed by atoms with Gasteiger partial charge in [0.25, 0.3) is 0 Å². The molecule has 1 saturated carbocycles. The molecule has 1 aliphatic rings. The van der Waals surface area contributed by atoms with E-state index in [1.165, 1.54) is 0 Å². The molecular formula is C16H14I4N10. The summed E-state index contributed by atoms with van der Waals surface area (Å²) in [6.45, 7) is 0. The van der Waals surface area contributed by atoms with E-state index >= 15 is 0 Å². The van der Waals surface area contributed by atoms with E-state index in [0.717, 1.165) is 59.6 Å². The molecule has 4 aromatic rings. The molecule has 0 amide bonds. The van der Waals surface area contributed by atoms with E-state index in [4.69, 9.17) is 0 Å². The van der Waals surface area contributed by atoms with Crippen molar-refractivity contribution in [2.45, 2.75) is 37.8 Å². The largest absolute Gasteiger partial charge is 0.365 e. The lowest BCUT2D eigenvalue weighted by Crippen LogP contribution is -2.33. The maximum Gasteiger partial charge on any atom is 0.194 e. The summed E-state index contributed by atoms with van der Waals surface area (Å²) in [5.74, 6) is 1.63. The van der Waals surface area contributed by atoms with Crippen molar-refractivity contribution in [2.75, 3.05) is 10.6 Å². The van der Waals surface area contributed by atoms with Gasteiger partial charge in [0.1, 0.15) is 12.7 Å². The Balaban J connectivity index is 1.28. The molecule has 1 fully saturated rings. The molecule has 0 spiro atoms. The Labute approximate surface area is 226 Å². The molecule has 14 heteroatoms. The summed E-state index contributed by atoms with van der Waals surface area (Å²) in [6.07, 6.45) is 7.69. The summed E-state index contributed by atoms with van der Waals surface area (Å²) in [5, 5.41) is 7.20. The summed E-state index contributed by atoms with van der Waals surface area (Å²) < 4.78 is 5.22. The van der Waals surface area contributed by atoms with Crippen LogP contribution in [0, 0.1) is 7.66 Å². The van der Waals surface area contributed by atoms with Gasteiger partial charge in [-0.1, -0.05) is 0 Å². The SMILES string of the molecule is Ic1nc(NC2CCC(Nc3nc(I)nc4c3ncn4I)CC2)c2ncn(I)c2n1. The number of rotatable bonds is 4. The van der Waals surface area contributed by atoms with Crippen molar-refractivity contribution >= 4 is 125 Å². The number of hydrogen-bond donors (Lipinski definition) is 2. The van der Waals surface area contributed by atoms with Crippen molar-refractivity contribution in [2.24, 2.45) is 0 Å². The van der Waals surface area contributed by atoms with Crippen LogP contribution in [-0.4, -0.2) is 47.5 Å². The highest BCUT2D eigenvalue weighted by Crippen LogP contribution is 2.29. The molecule has 5 rings (SSSR count). The van der Waals surface area contributed by atoms with Crippen LogP contribution in [0.25, 0.3) is 22.3 Å². The van der Waals surface area contributed by atoms with Gasteiger partial charge >= 0.3 is 0 Å². The van der Waals surface area contributed by atoms with E-state index < -0.39 is 0 Å². The molecule has 0 atom stereocenters. The van der Waals surface area contributed by atoms with Crippen LogP contribution >= 0.6 is 90.9 Å². The summed E-state index contributed by atoms with van der Waals surface area (Å²) in [7, 11) is 0. The summed E-state index contributed by atoms with van der Waals surface area (Å²) >= 11 is 8.68. The van der Waals surface area contributed by atoms with Crippen LogP contribution in [0.15, 0.2) is 12.7 Å². The molecule has 30 heavy (non-hydrogen) atoms. The standard InChI is InChI=1S/C16H14I4N10/c17-15-25-11(9-13(27-15)29(19)5-21-9)23-7-1-2-8(4-3-7)24-12-10-14(28-16(18)26-12)30(20)6-22-10/h5-8H,1-4H2,(H,23,25,27)(H,24,26,28). The second kappa shape index (κ2) is 8.87. The number of aromatic nitrogens is 8. The van der Waals surface area contributed by atoms with Crippen molar-refractivity contribution in [3.05, 3.63) is 20.3 Å². The summed E-state index contributed by atoms with van der Waals surface area (Å²) in [5.41, 5.74) is 3.31. The predicted octanol–water partition coefficient (Wildman–Crippen LogP) is 4.41. The van der Waals surface area contributed by atoms with Gasteiger partial charge in [0.2, 0.25) is 0 Å². The van der Waals surface area contributed by atoms with Gasteiger partial charge in [-0.15, -0.1) is 0 Å². The van der Waals surface area contributed by atoms with E-state index in [-0.39, 0.29) is 0 Å². The van der Waals surface area contributed by atoms with Gasteiger partial charge < -0.3 is 10.6 Å². The first-order valence-electron chi connectivity index (χ1n) is 9.14. The normalized spacial score (nSPS) is 19.5. The first kappa shape index (κ1) is 21.5. The maximum atomic E-state index is 4.58. The zero-order valence-corrected chi connectivity index (χ0v) is 23.9. The van der Waals surface area contributed by atoms with E-state index in [1.807, 2.05) is 5.56 Å². The fraction of sp³-hybridized carbons (Fsp3) is 0.375. The van der Waals surface area contributed by atoms with Crippen molar-refractivity contribution in [3.63, 3.8) is 0 Å². The number of imidazole rings is 2. The van der Waals surface area contributed by atoms with Gasteiger partial charge in [0.05, 0.1) is 45.7 Å². The molecule has 0 aliphatic heterocycles. The molecule has 0 saturated heterocycles. The topological polar surface area (TPSA) is 111 Å². The fourth-order valence-electron chi connectivity index (χ4n) is 3.66. The molecule has 4 aromatic heterocycles. The molecule has 156 valence electrons. The number of anilines is 2. The molecule has 2 N–H and O–H groups in total. The van der Waals surface area contributed by atoms with Gasteiger partial charge in [0.15, 0.2) is 41.6 Å². The number of nitrogens with one attached hydrogen (secondary N) is 2. The molecule has 0 unspecified atom stereocenters. The van der Waals surface area contributed by atoms with Crippen LogP contribution in [-0.2, 0) is 0 Å². The third kappa shape index (κ3) is 4.28. The van der Waals surface area contributed by atoms with Crippen LogP contribution < -0.4 is 10.6 Å². The number of halogens is 4. The lowest BCUT2D eigenvalue weighted by molar-refractivity contribution is 0.428. The maximum absolute atomic E-state index is 4.58.